The number of rotatable bonds is 3. The lowest BCUT2D eigenvalue weighted by atomic mass is 9.63. The maximum atomic E-state index is 9.83. The predicted octanol–water partition coefficient (Wildman–Crippen LogP) is 4.51. The Labute approximate surface area is 115 Å². The Hall–Kier alpha value is -0.340. The number of aliphatic hydroxyl groups excluding tert-OH is 1. The van der Waals surface area contributed by atoms with Crippen molar-refractivity contribution in [2.24, 2.45) is 16.7 Å². The highest BCUT2D eigenvalue weighted by Gasteiger charge is 2.38. The molecule has 1 aromatic rings. The minimum atomic E-state index is 0.156. The molecular weight excluding hydrogens is 240 g/mol. The van der Waals surface area contributed by atoms with Gasteiger partial charge in [0.2, 0.25) is 0 Å². The van der Waals surface area contributed by atoms with Gasteiger partial charge < -0.3 is 5.11 Å². The van der Waals surface area contributed by atoms with Gasteiger partial charge in [0.25, 0.3) is 0 Å². The minimum Gasteiger partial charge on any atom is -0.396 e. The second-order valence-corrected chi connectivity index (χ2v) is 7.89. The molecule has 1 N–H and O–H groups in total. The fourth-order valence-electron chi connectivity index (χ4n) is 3.31. The number of hydrogen-bond donors (Lipinski definition) is 1. The second-order valence-electron chi connectivity index (χ2n) is 7.11. The average Bonchev–Trinajstić information content (AvgIpc) is 2.81. The van der Waals surface area contributed by atoms with Crippen LogP contribution in [0.3, 0.4) is 0 Å². The first-order valence-corrected chi connectivity index (χ1v) is 8.01. The molecule has 0 saturated heterocycles. The van der Waals surface area contributed by atoms with Gasteiger partial charge in [-0.3, -0.25) is 0 Å². The summed E-state index contributed by atoms with van der Waals surface area (Å²) in [6.45, 7) is 7.40. The summed E-state index contributed by atoms with van der Waals surface area (Å²) in [4.78, 5) is 0. The summed E-state index contributed by atoms with van der Waals surface area (Å²) in [5.41, 5.74) is 1.98. The summed E-state index contributed by atoms with van der Waals surface area (Å²) in [6, 6.07) is 2.21. The highest BCUT2D eigenvalue weighted by atomic mass is 32.1. The molecule has 0 aliphatic heterocycles. The van der Waals surface area contributed by atoms with Crippen LogP contribution in [0.1, 0.15) is 52.0 Å². The summed E-state index contributed by atoms with van der Waals surface area (Å²) in [5.74, 6) is 0.819. The fraction of sp³-hybridized carbons (Fsp3) is 0.750. The van der Waals surface area contributed by atoms with E-state index < -0.39 is 0 Å². The van der Waals surface area contributed by atoms with Crippen LogP contribution in [0.2, 0.25) is 0 Å². The van der Waals surface area contributed by atoms with Crippen LogP contribution in [0.15, 0.2) is 16.8 Å². The third kappa shape index (κ3) is 3.16. The van der Waals surface area contributed by atoms with Crippen LogP contribution >= 0.6 is 11.3 Å². The molecule has 0 unspecified atom stereocenters. The molecule has 1 aliphatic rings. The van der Waals surface area contributed by atoms with Gasteiger partial charge >= 0.3 is 0 Å². The Morgan fingerprint density at radius 1 is 1.33 bits per heavy atom. The van der Waals surface area contributed by atoms with Crippen molar-refractivity contribution in [2.45, 2.75) is 52.9 Å². The molecule has 1 aromatic heterocycles. The molecule has 0 aromatic carbocycles. The van der Waals surface area contributed by atoms with Gasteiger partial charge in [-0.15, -0.1) is 0 Å². The van der Waals surface area contributed by atoms with Crippen LogP contribution in [0.5, 0.6) is 0 Å². The molecular formula is C16H26OS. The Bertz CT molecular complexity index is 353. The summed E-state index contributed by atoms with van der Waals surface area (Å²) in [5, 5.41) is 14.2. The molecule has 102 valence electrons. The van der Waals surface area contributed by atoms with Crippen LogP contribution in [-0.2, 0) is 6.42 Å². The molecule has 1 heterocycles. The first-order chi connectivity index (χ1) is 8.45. The molecule has 1 aliphatic carbocycles. The highest BCUT2D eigenvalue weighted by Crippen LogP contribution is 2.46. The monoisotopic (exact) mass is 266 g/mol. The second kappa shape index (κ2) is 5.34. The quantitative estimate of drug-likeness (QED) is 0.853. The standard InChI is InChI=1S/C16H26OS/c1-15(2,3)14-4-7-16(12-17,8-5-14)10-13-6-9-18-11-13/h6,9,11,14,17H,4-5,7-8,10,12H2,1-3H3. The molecule has 1 fully saturated rings. The van der Waals surface area contributed by atoms with Gasteiger partial charge in [0, 0.05) is 6.61 Å². The van der Waals surface area contributed by atoms with Crippen molar-refractivity contribution in [3.05, 3.63) is 22.4 Å². The first-order valence-electron chi connectivity index (χ1n) is 7.07. The van der Waals surface area contributed by atoms with Gasteiger partial charge in [-0.25, -0.2) is 0 Å². The lowest BCUT2D eigenvalue weighted by Crippen LogP contribution is -2.36. The first kappa shape index (κ1) is 14.1. The lowest BCUT2D eigenvalue weighted by molar-refractivity contribution is 0.0370. The zero-order valence-electron chi connectivity index (χ0n) is 11.9. The summed E-state index contributed by atoms with van der Waals surface area (Å²) in [7, 11) is 0. The van der Waals surface area contributed by atoms with Crippen LogP contribution in [0.4, 0.5) is 0 Å². The maximum Gasteiger partial charge on any atom is 0.0490 e. The normalized spacial score (nSPS) is 29.4. The van der Waals surface area contributed by atoms with E-state index in [1.165, 1.54) is 31.2 Å². The summed E-state index contributed by atoms with van der Waals surface area (Å²) >= 11 is 1.76. The van der Waals surface area contributed by atoms with E-state index in [-0.39, 0.29) is 5.41 Å². The summed E-state index contributed by atoms with van der Waals surface area (Å²) in [6.07, 6.45) is 5.97. The molecule has 0 radical (unpaired) electrons. The van der Waals surface area contributed by atoms with E-state index >= 15 is 0 Å². The van der Waals surface area contributed by atoms with E-state index in [2.05, 4.69) is 37.6 Å². The number of aliphatic hydroxyl groups is 1. The Morgan fingerprint density at radius 3 is 2.44 bits per heavy atom. The molecule has 0 spiro atoms. The van der Waals surface area contributed by atoms with Crippen LogP contribution in [-0.4, -0.2) is 11.7 Å². The SMILES string of the molecule is CC(C)(C)C1CCC(CO)(Cc2ccsc2)CC1. The Morgan fingerprint density at radius 2 is 2.00 bits per heavy atom. The molecule has 0 atom stereocenters. The van der Waals surface area contributed by atoms with Crippen molar-refractivity contribution in [1.82, 2.24) is 0 Å². The summed E-state index contributed by atoms with van der Waals surface area (Å²) < 4.78 is 0. The van der Waals surface area contributed by atoms with E-state index in [9.17, 15) is 5.11 Å². The Balaban J connectivity index is 2.00. The third-order valence-electron chi connectivity index (χ3n) is 4.77. The van der Waals surface area contributed by atoms with E-state index in [0.29, 0.717) is 12.0 Å². The van der Waals surface area contributed by atoms with Crippen molar-refractivity contribution < 1.29 is 5.11 Å². The van der Waals surface area contributed by atoms with Crippen molar-refractivity contribution >= 4 is 11.3 Å². The van der Waals surface area contributed by atoms with Crippen LogP contribution in [0, 0.1) is 16.7 Å². The maximum absolute atomic E-state index is 9.83. The zero-order valence-corrected chi connectivity index (χ0v) is 12.7. The van der Waals surface area contributed by atoms with E-state index in [0.717, 1.165) is 12.3 Å². The molecule has 0 amide bonds. The molecule has 1 saturated carbocycles. The smallest absolute Gasteiger partial charge is 0.0490 e. The fourth-order valence-corrected chi connectivity index (χ4v) is 3.98. The molecule has 18 heavy (non-hydrogen) atoms. The molecule has 1 nitrogen and oxygen atoms in total. The number of hydrogen-bond acceptors (Lipinski definition) is 2. The number of thiophene rings is 1. The minimum absolute atomic E-state index is 0.156. The van der Waals surface area contributed by atoms with Crippen molar-refractivity contribution in [1.29, 1.82) is 0 Å². The van der Waals surface area contributed by atoms with Crippen molar-refractivity contribution in [2.75, 3.05) is 6.61 Å². The largest absolute Gasteiger partial charge is 0.396 e. The average molecular weight is 266 g/mol. The van der Waals surface area contributed by atoms with E-state index in [4.69, 9.17) is 0 Å². The van der Waals surface area contributed by atoms with E-state index in [1.807, 2.05) is 0 Å². The van der Waals surface area contributed by atoms with Gasteiger partial charge in [0.1, 0.15) is 0 Å². The molecule has 2 rings (SSSR count). The van der Waals surface area contributed by atoms with Gasteiger partial charge in [-0.1, -0.05) is 20.8 Å². The molecule has 2 heteroatoms. The van der Waals surface area contributed by atoms with Gasteiger partial charge in [-0.05, 0) is 71.2 Å². The zero-order chi connectivity index (χ0) is 13.2. The van der Waals surface area contributed by atoms with E-state index in [1.54, 1.807) is 11.3 Å². The topological polar surface area (TPSA) is 20.2 Å². The van der Waals surface area contributed by atoms with Gasteiger partial charge in [0.15, 0.2) is 0 Å². The van der Waals surface area contributed by atoms with Crippen LogP contribution in [0.25, 0.3) is 0 Å². The van der Waals surface area contributed by atoms with Gasteiger partial charge in [0.05, 0.1) is 0 Å². The molecule has 0 bridgehead atoms. The van der Waals surface area contributed by atoms with Crippen molar-refractivity contribution in [3.8, 4) is 0 Å². The van der Waals surface area contributed by atoms with Crippen LogP contribution < -0.4 is 0 Å². The Kier molecular flexibility index (Phi) is 4.18. The highest BCUT2D eigenvalue weighted by molar-refractivity contribution is 7.07. The lowest BCUT2D eigenvalue weighted by Gasteiger charge is -2.43. The van der Waals surface area contributed by atoms with Crippen molar-refractivity contribution in [3.63, 3.8) is 0 Å². The van der Waals surface area contributed by atoms with Gasteiger partial charge in [-0.2, -0.15) is 11.3 Å². The third-order valence-corrected chi connectivity index (χ3v) is 5.50. The predicted molar refractivity (Wildman–Crippen MR) is 79.0 cm³/mol.